The molecule has 4 amide bonds. The fourth-order valence-corrected chi connectivity index (χ4v) is 9.55. The summed E-state index contributed by atoms with van der Waals surface area (Å²) in [4.78, 5) is 94.2. The van der Waals surface area contributed by atoms with Crippen LogP contribution in [-0.4, -0.2) is 135 Å². The highest BCUT2D eigenvalue weighted by Gasteiger charge is 2.50. The second-order valence-corrected chi connectivity index (χ2v) is 19.1. The van der Waals surface area contributed by atoms with E-state index in [0.717, 1.165) is 5.56 Å². The summed E-state index contributed by atoms with van der Waals surface area (Å²) >= 11 is 0. The first-order valence-electron chi connectivity index (χ1n) is 24.6. The second-order valence-electron chi connectivity index (χ2n) is 19.1. The summed E-state index contributed by atoms with van der Waals surface area (Å²) in [5.41, 5.74) is 5.00. The van der Waals surface area contributed by atoms with Gasteiger partial charge in [-0.15, -0.1) is 0 Å². The third-order valence-corrected chi connectivity index (χ3v) is 13.6. The van der Waals surface area contributed by atoms with Gasteiger partial charge >= 0.3 is 6.09 Å². The molecule has 3 aliphatic rings. The first-order valence-corrected chi connectivity index (χ1v) is 24.6. The molecule has 2 aliphatic carbocycles. The van der Waals surface area contributed by atoms with Gasteiger partial charge in [0.15, 0.2) is 23.9 Å². The molecule has 0 unspecified atom stereocenters. The standard InChI is InChI=1S/C53H62N6O16.2ClH/c1-26(55)49(67)58-35(20-28-10-5-4-6-11-28)51(69)57-33(13-7-8-19-54)50(68)56-30-17-15-29(16-18-30)25-73-52(70)59-34-21-39(74-27(2)44(34)62)75-37-23-53(71,38(61)24-60)22-32-41(37)48(66)43-42(46(32)64)45(63)31-12-9-14-36(72-3)40(31)47(43)65;;/h4-6,9-12,14-18,26-27,33-35,37,39,44,60,62,64,66,71H,7-8,13,19-25,54-55H2,1-3H3,(H,56,68)(H,57,69)(H,58,67)(H,59,70);2*1H/t26-,27+,33+,34+,35+,37+,39+,44-,53+;;/m1../s1. The third kappa shape index (κ3) is 13.7. The van der Waals surface area contributed by atoms with Crippen molar-refractivity contribution in [3.05, 3.63) is 117 Å². The third-order valence-electron chi connectivity index (χ3n) is 13.6. The number of halogens is 2. The van der Waals surface area contributed by atoms with Crippen LogP contribution in [0.1, 0.15) is 106 Å². The van der Waals surface area contributed by atoms with Crippen molar-refractivity contribution in [2.75, 3.05) is 25.6 Å². The first-order chi connectivity index (χ1) is 35.8. The Morgan fingerprint density at radius 1 is 0.844 bits per heavy atom. The minimum absolute atomic E-state index is 0. The smallest absolute Gasteiger partial charge is 0.407 e. The fourth-order valence-electron chi connectivity index (χ4n) is 9.55. The normalized spacial score (nSPS) is 21.4. The van der Waals surface area contributed by atoms with Gasteiger partial charge in [0.25, 0.3) is 5.91 Å². The number of hydrogen-bond acceptors (Lipinski definition) is 16. The Morgan fingerprint density at radius 3 is 2.17 bits per heavy atom. The van der Waals surface area contributed by atoms with Gasteiger partial charge in [0.05, 0.1) is 48.6 Å². The molecule has 7 rings (SSSR count). The van der Waals surface area contributed by atoms with E-state index in [1.54, 1.807) is 31.2 Å². The van der Waals surface area contributed by atoms with Crippen molar-refractivity contribution in [2.24, 2.45) is 0 Å². The first kappa shape index (κ1) is 61.1. The predicted octanol–water partition coefficient (Wildman–Crippen LogP) is -5.83. The lowest BCUT2D eigenvalue weighted by Crippen LogP contribution is -3.00. The molecule has 0 saturated carbocycles. The second kappa shape index (κ2) is 26.6. The number of aromatic hydroxyl groups is 2. The average molecular weight is 1110 g/mol. The Hall–Kier alpha value is -6.73. The van der Waals surface area contributed by atoms with E-state index in [9.17, 15) is 59.1 Å². The maximum atomic E-state index is 14.1. The Balaban J connectivity index is 0.00000547. The van der Waals surface area contributed by atoms with E-state index in [-0.39, 0.29) is 72.3 Å². The number of amides is 4. The number of methoxy groups -OCH3 is 1. The number of phenols is 2. The molecule has 9 atom stereocenters. The Kier molecular flexibility index (Phi) is 21.1. The van der Waals surface area contributed by atoms with Gasteiger partial charge in [-0.3, -0.25) is 28.8 Å². The fraction of sp³-hybridized carbons (Fsp3) is 0.415. The molecule has 1 heterocycles. The van der Waals surface area contributed by atoms with Crippen LogP contribution in [0.15, 0.2) is 72.8 Å². The molecule has 416 valence electrons. The Labute approximate surface area is 455 Å². The number of hydrogen-bond donors (Lipinski definition) is 11. The number of fused-ring (bicyclic) bond motifs is 3. The van der Waals surface area contributed by atoms with Gasteiger partial charge in [0, 0.05) is 48.1 Å². The number of alkyl carbamates (subject to hydrolysis) is 1. The van der Waals surface area contributed by atoms with Crippen LogP contribution in [0.25, 0.3) is 0 Å². The van der Waals surface area contributed by atoms with E-state index in [0.29, 0.717) is 37.1 Å². The van der Waals surface area contributed by atoms with Crippen LogP contribution in [-0.2, 0) is 52.8 Å². The molecule has 15 N–H and O–H groups in total. The van der Waals surface area contributed by atoms with Gasteiger partial charge < -0.3 is 102 Å². The highest BCUT2D eigenvalue weighted by atomic mass is 35.5. The molecule has 0 aromatic heterocycles. The Morgan fingerprint density at radius 2 is 1.52 bits per heavy atom. The molecule has 77 heavy (non-hydrogen) atoms. The monoisotopic (exact) mass is 1110 g/mol. The van der Waals surface area contributed by atoms with Gasteiger partial charge in [0.2, 0.25) is 17.6 Å². The van der Waals surface area contributed by atoms with Gasteiger partial charge in [-0.1, -0.05) is 54.6 Å². The quantitative estimate of drug-likeness (QED) is 0.0255. The molecule has 22 nitrogen and oxygen atoms in total. The Bertz CT molecular complexity index is 2820. The molecule has 1 saturated heterocycles. The highest BCUT2D eigenvalue weighted by molar-refractivity contribution is 6.31. The number of aliphatic hydroxyl groups is 3. The van der Waals surface area contributed by atoms with Crippen molar-refractivity contribution in [1.29, 1.82) is 0 Å². The van der Waals surface area contributed by atoms with Crippen LogP contribution in [0.4, 0.5) is 10.5 Å². The van der Waals surface area contributed by atoms with Gasteiger partial charge in [0.1, 0.15) is 54.3 Å². The summed E-state index contributed by atoms with van der Waals surface area (Å²) in [5.74, 6) is -5.72. The number of aliphatic hydroxyl groups excluding tert-OH is 2. The maximum absolute atomic E-state index is 14.1. The number of anilines is 1. The van der Waals surface area contributed by atoms with Crippen LogP contribution in [0.5, 0.6) is 17.2 Å². The number of ketones is 3. The summed E-state index contributed by atoms with van der Waals surface area (Å²) in [6.45, 7) is 2.36. The van der Waals surface area contributed by atoms with E-state index >= 15 is 0 Å². The molecule has 24 heteroatoms. The topological polar surface area (TPSA) is 361 Å². The van der Waals surface area contributed by atoms with Crippen molar-refractivity contribution < 1.29 is 114 Å². The van der Waals surface area contributed by atoms with Crippen molar-refractivity contribution >= 4 is 46.9 Å². The summed E-state index contributed by atoms with van der Waals surface area (Å²) in [6, 6.07) is 16.1. The number of phenolic OH excluding ortho intramolecular Hbond substituents is 2. The molecule has 4 aromatic carbocycles. The van der Waals surface area contributed by atoms with Gasteiger partial charge in [-0.25, -0.2) is 4.79 Å². The molecule has 4 aromatic rings. The van der Waals surface area contributed by atoms with Crippen LogP contribution in [0.3, 0.4) is 0 Å². The lowest BCUT2D eigenvalue weighted by atomic mass is 9.72. The minimum atomic E-state index is -2.40. The number of quaternary nitrogens is 2. The lowest BCUT2D eigenvalue weighted by Gasteiger charge is -2.42. The number of carbonyl (C=O) groups excluding carboxylic acids is 7. The summed E-state index contributed by atoms with van der Waals surface area (Å²) < 4.78 is 23.0. The highest BCUT2D eigenvalue weighted by Crippen LogP contribution is 2.52. The zero-order valence-corrected chi connectivity index (χ0v) is 44.0. The molecule has 1 fully saturated rings. The zero-order valence-electron chi connectivity index (χ0n) is 42.5. The molecule has 1 aliphatic heterocycles. The number of Topliss-reactive ketones (excluding diaryl/α,β-unsaturated/α-hetero) is 1. The molecule has 0 bridgehead atoms. The number of nitrogens with one attached hydrogen (secondary N) is 4. The SMILES string of the molecule is COc1cccc2c1C(=O)c1c(O)c3c(c(O)c1C2=O)C[C@@](O)(C(=O)CO)C[C@@H]3O[C@H]1C[C@H](NC(=O)OCc2ccc(NC(=O)[C@H](CCCC[NH3+])NC(=O)[C@H](Cc3ccccc3)NC(=O)[C@@H](C)[NH3+])cc2)[C@H](O)[C@H](C)O1.[Cl-].[Cl-]. The van der Waals surface area contributed by atoms with E-state index < -0.39 is 138 Å². The van der Waals surface area contributed by atoms with Crippen LogP contribution in [0, 0.1) is 0 Å². The number of ether oxygens (including phenoxy) is 4. The number of rotatable bonds is 20. The summed E-state index contributed by atoms with van der Waals surface area (Å²) in [6.07, 6.45) is -5.92. The predicted molar refractivity (Wildman–Crippen MR) is 264 cm³/mol. The number of carbonyl (C=O) groups is 7. The van der Waals surface area contributed by atoms with E-state index in [2.05, 4.69) is 32.7 Å². The molecule has 0 radical (unpaired) electrons. The van der Waals surface area contributed by atoms with Crippen LogP contribution in [0.2, 0.25) is 0 Å². The van der Waals surface area contributed by atoms with Crippen LogP contribution < -0.4 is 62.3 Å². The number of unbranched alkanes of at least 4 members (excludes halogenated alkanes) is 1. The van der Waals surface area contributed by atoms with Crippen molar-refractivity contribution in [1.82, 2.24) is 16.0 Å². The van der Waals surface area contributed by atoms with E-state index in [1.165, 1.54) is 32.2 Å². The molecule has 0 spiro atoms. The molecular weight excluding hydrogens is 1050 g/mol. The lowest BCUT2D eigenvalue weighted by molar-refractivity contribution is -0.398. The van der Waals surface area contributed by atoms with E-state index in [1.807, 2.05) is 30.3 Å². The molecular formula is C53H64Cl2N6O16. The van der Waals surface area contributed by atoms with Crippen molar-refractivity contribution in [3.8, 4) is 17.2 Å². The van der Waals surface area contributed by atoms with Crippen molar-refractivity contribution in [3.63, 3.8) is 0 Å². The van der Waals surface area contributed by atoms with Crippen molar-refractivity contribution in [2.45, 2.75) is 120 Å². The average Bonchev–Trinajstić information content (AvgIpc) is 3.50. The zero-order chi connectivity index (χ0) is 54.3. The van der Waals surface area contributed by atoms with Gasteiger partial charge in [-0.05, 0) is 62.4 Å². The minimum Gasteiger partial charge on any atom is -1.00 e. The summed E-state index contributed by atoms with van der Waals surface area (Å²) in [5, 5.41) is 67.2. The maximum Gasteiger partial charge on any atom is 0.407 e. The van der Waals surface area contributed by atoms with Crippen LogP contribution >= 0.6 is 0 Å². The van der Waals surface area contributed by atoms with E-state index in [4.69, 9.17) is 18.9 Å². The van der Waals surface area contributed by atoms with Gasteiger partial charge in [-0.2, -0.15) is 0 Å². The number of benzene rings is 4. The summed E-state index contributed by atoms with van der Waals surface area (Å²) in [7, 11) is 1.29. The largest absolute Gasteiger partial charge is 1.00 e.